The summed E-state index contributed by atoms with van der Waals surface area (Å²) in [6, 6.07) is 12.2. The number of hydrogen-bond acceptors (Lipinski definition) is 3. The number of nitrogens with one attached hydrogen (secondary N) is 1. The highest BCUT2D eigenvalue weighted by molar-refractivity contribution is 9.10. The molecule has 0 aromatic heterocycles. The molecular formula is C15H12BrClN2O2. The van der Waals surface area contributed by atoms with E-state index in [1.807, 2.05) is 18.2 Å². The topological polar surface area (TPSA) is 50.7 Å². The highest BCUT2D eigenvalue weighted by atomic mass is 79.9. The van der Waals surface area contributed by atoms with Crippen molar-refractivity contribution in [2.24, 2.45) is 5.10 Å². The third-order valence-corrected chi connectivity index (χ3v) is 3.38. The van der Waals surface area contributed by atoms with Gasteiger partial charge in [0, 0.05) is 20.6 Å². The third kappa shape index (κ3) is 4.31. The van der Waals surface area contributed by atoms with Gasteiger partial charge in [-0.1, -0.05) is 33.6 Å². The van der Waals surface area contributed by atoms with Gasteiger partial charge in [0.15, 0.2) is 0 Å². The van der Waals surface area contributed by atoms with Crippen LogP contribution in [0.2, 0.25) is 5.02 Å². The number of rotatable bonds is 4. The minimum Gasteiger partial charge on any atom is -0.496 e. The molecule has 108 valence electrons. The van der Waals surface area contributed by atoms with Gasteiger partial charge < -0.3 is 4.74 Å². The number of hydrazone groups is 1. The van der Waals surface area contributed by atoms with Crippen molar-refractivity contribution >= 4 is 39.7 Å². The summed E-state index contributed by atoms with van der Waals surface area (Å²) >= 11 is 9.21. The van der Waals surface area contributed by atoms with Gasteiger partial charge in [0.2, 0.25) is 0 Å². The molecule has 2 aromatic rings. The van der Waals surface area contributed by atoms with Crippen LogP contribution in [0.15, 0.2) is 52.0 Å². The normalized spacial score (nSPS) is 10.6. The molecule has 21 heavy (non-hydrogen) atoms. The van der Waals surface area contributed by atoms with Crippen molar-refractivity contribution in [1.29, 1.82) is 0 Å². The zero-order valence-corrected chi connectivity index (χ0v) is 13.5. The number of nitrogens with zero attached hydrogens (tertiary/aromatic N) is 1. The maximum absolute atomic E-state index is 11.9. The molecule has 2 aromatic carbocycles. The van der Waals surface area contributed by atoms with Crippen LogP contribution in [0.25, 0.3) is 0 Å². The molecule has 1 amide bonds. The monoisotopic (exact) mass is 366 g/mol. The Morgan fingerprint density at radius 3 is 2.86 bits per heavy atom. The van der Waals surface area contributed by atoms with Crippen LogP contribution in [0.5, 0.6) is 5.75 Å². The van der Waals surface area contributed by atoms with E-state index in [9.17, 15) is 4.79 Å². The number of halogens is 2. The molecule has 1 N–H and O–H groups in total. The third-order valence-electron chi connectivity index (χ3n) is 2.65. The molecule has 0 fully saturated rings. The van der Waals surface area contributed by atoms with Crippen LogP contribution in [0.1, 0.15) is 15.9 Å². The SMILES string of the molecule is COc1ccc(Br)cc1/C=N/NC(=O)c1cccc(Cl)c1. The minimum absolute atomic E-state index is 0.331. The smallest absolute Gasteiger partial charge is 0.271 e. The van der Waals surface area contributed by atoms with E-state index in [1.165, 1.54) is 6.21 Å². The van der Waals surface area contributed by atoms with Crippen LogP contribution in [0.3, 0.4) is 0 Å². The lowest BCUT2D eigenvalue weighted by molar-refractivity contribution is 0.0955. The van der Waals surface area contributed by atoms with Gasteiger partial charge in [-0.3, -0.25) is 4.79 Å². The molecule has 0 heterocycles. The predicted octanol–water partition coefficient (Wildman–Crippen LogP) is 3.88. The second-order valence-corrected chi connectivity index (χ2v) is 5.45. The maximum Gasteiger partial charge on any atom is 0.271 e. The number of ether oxygens (including phenoxy) is 1. The van der Waals surface area contributed by atoms with E-state index in [4.69, 9.17) is 16.3 Å². The number of carbonyl (C=O) groups excluding carboxylic acids is 1. The summed E-state index contributed by atoms with van der Waals surface area (Å²) in [6.45, 7) is 0. The Labute approximate surface area is 135 Å². The van der Waals surface area contributed by atoms with E-state index in [2.05, 4.69) is 26.5 Å². The molecule has 0 spiro atoms. The van der Waals surface area contributed by atoms with Crippen LogP contribution in [0.4, 0.5) is 0 Å². The summed E-state index contributed by atoms with van der Waals surface area (Å²) in [4.78, 5) is 11.9. The molecule has 0 aliphatic carbocycles. The Bertz CT molecular complexity index is 689. The van der Waals surface area contributed by atoms with Crippen molar-refractivity contribution in [2.75, 3.05) is 7.11 Å². The average molecular weight is 368 g/mol. The fourth-order valence-corrected chi connectivity index (χ4v) is 2.23. The molecule has 4 nitrogen and oxygen atoms in total. The first-order valence-corrected chi connectivity index (χ1v) is 7.20. The molecule has 0 aliphatic rings. The first-order chi connectivity index (χ1) is 10.1. The number of methoxy groups -OCH3 is 1. The molecule has 2 rings (SSSR count). The summed E-state index contributed by atoms with van der Waals surface area (Å²) in [6.07, 6.45) is 1.52. The molecule has 0 bridgehead atoms. The fraction of sp³-hybridized carbons (Fsp3) is 0.0667. The molecule has 0 saturated carbocycles. The highest BCUT2D eigenvalue weighted by Gasteiger charge is 2.05. The zero-order chi connectivity index (χ0) is 15.2. The molecule has 0 saturated heterocycles. The van der Waals surface area contributed by atoms with Gasteiger partial charge in [-0.2, -0.15) is 5.10 Å². The van der Waals surface area contributed by atoms with Gasteiger partial charge in [-0.25, -0.2) is 5.43 Å². The lowest BCUT2D eigenvalue weighted by Gasteiger charge is -2.04. The maximum atomic E-state index is 11.9. The lowest BCUT2D eigenvalue weighted by Crippen LogP contribution is -2.17. The minimum atomic E-state index is -0.331. The zero-order valence-electron chi connectivity index (χ0n) is 11.1. The molecule has 6 heteroatoms. The standard InChI is InChI=1S/C15H12BrClN2O2/c1-21-14-6-5-12(16)7-11(14)9-18-19-15(20)10-3-2-4-13(17)8-10/h2-9H,1H3,(H,19,20)/b18-9+. The number of amides is 1. The Hall–Kier alpha value is -1.85. The summed E-state index contributed by atoms with van der Waals surface area (Å²) in [5.74, 6) is 0.335. The molecule has 0 aliphatic heterocycles. The fourth-order valence-electron chi connectivity index (χ4n) is 1.66. The Balaban J connectivity index is 2.09. The summed E-state index contributed by atoms with van der Waals surface area (Å²) in [7, 11) is 1.57. The van der Waals surface area contributed by atoms with E-state index in [1.54, 1.807) is 31.4 Å². The second kappa shape index (κ2) is 7.24. The summed E-state index contributed by atoms with van der Waals surface area (Å²) < 4.78 is 6.11. The molecule has 0 atom stereocenters. The summed E-state index contributed by atoms with van der Waals surface area (Å²) in [5.41, 5.74) is 3.64. The van der Waals surface area contributed by atoms with Crippen molar-refractivity contribution in [2.45, 2.75) is 0 Å². The van der Waals surface area contributed by atoms with Crippen LogP contribution in [-0.4, -0.2) is 19.2 Å². The van der Waals surface area contributed by atoms with Crippen molar-refractivity contribution in [3.63, 3.8) is 0 Å². The van der Waals surface area contributed by atoms with Crippen LogP contribution < -0.4 is 10.2 Å². The van der Waals surface area contributed by atoms with Gasteiger partial charge in [-0.05, 0) is 36.4 Å². The van der Waals surface area contributed by atoms with Crippen molar-refractivity contribution < 1.29 is 9.53 Å². The quantitative estimate of drug-likeness (QED) is 0.659. The number of carbonyl (C=O) groups is 1. The van der Waals surface area contributed by atoms with Gasteiger partial charge >= 0.3 is 0 Å². The Morgan fingerprint density at radius 2 is 2.14 bits per heavy atom. The highest BCUT2D eigenvalue weighted by Crippen LogP contribution is 2.21. The van der Waals surface area contributed by atoms with Crippen molar-refractivity contribution in [1.82, 2.24) is 5.43 Å². The van der Waals surface area contributed by atoms with E-state index < -0.39 is 0 Å². The first-order valence-electron chi connectivity index (χ1n) is 6.02. The molecule has 0 radical (unpaired) electrons. The Kier molecular flexibility index (Phi) is 5.36. The van der Waals surface area contributed by atoms with Crippen LogP contribution in [0, 0.1) is 0 Å². The van der Waals surface area contributed by atoms with Gasteiger partial charge in [0.1, 0.15) is 5.75 Å². The van der Waals surface area contributed by atoms with E-state index in [0.717, 1.165) is 10.0 Å². The van der Waals surface area contributed by atoms with Gasteiger partial charge in [-0.15, -0.1) is 0 Å². The van der Waals surface area contributed by atoms with Crippen molar-refractivity contribution in [3.05, 3.63) is 63.1 Å². The van der Waals surface area contributed by atoms with E-state index in [0.29, 0.717) is 16.3 Å². The van der Waals surface area contributed by atoms with Crippen LogP contribution in [-0.2, 0) is 0 Å². The van der Waals surface area contributed by atoms with Crippen molar-refractivity contribution in [3.8, 4) is 5.75 Å². The van der Waals surface area contributed by atoms with Gasteiger partial charge in [0.25, 0.3) is 5.91 Å². The predicted molar refractivity (Wildman–Crippen MR) is 87.2 cm³/mol. The average Bonchev–Trinajstić information content (AvgIpc) is 2.47. The number of hydrogen-bond donors (Lipinski definition) is 1. The van der Waals surface area contributed by atoms with Gasteiger partial charge in [0.05, 0.1) is 13.3 Å². The molecule has 0 unspecified atom stereocenters. The Morgan fingerprint density at radius 1 is 1.33 bits per heavy atom. The number of benzene rings is 2. The molecular weight excluding hydrogens is 356 g/mol. The largest absolute Gasteiger partial charge is 0.496 e. The van der Waals surface area contributed by atoms with E-state index in [-0.39, 0.29) is 5.91 Å². The van der Waals surface area contributed by atoms with Crippen LogP contribution >= 0.6 is 27.5 Å². The lowest BCUT2D eigenvalue weighted by atomic mass is 10.2. The first kappa shape index (κ1) is 15.5. The van der Waals surface area contributed by atoms with E-state index >= 15 is 0 Å². The second-order valence-electron chi connectivity index (χ2n) is 4.10. The summed E-state index contributed by atoms with van der Waals surface area (Å²) in [5, 5.41) is 4.43.